The molecule has 0 aliphatic heterocycles. The van der Waals surface area contributed by atoms with E-state index in [1.165, 1.54) is 0 Å². The van der Waals surface area contributed by atoms with Crippen molar-refractivity contribution in [3.63, 3.8) is 0 Å². The Bertz CT molecular complexity index is 352. The summed E-state index contributed by atoms with van der Waals surface area (Å²) in [6, 6.07) is -1.86. The van der Waals surface area contributed by atoms with Crippen molar-refractivity contribution in [2.24, 2.45) is 11.1 Å². The van der Waals surface area contributed by atoms with Gasteiger partial charge in [0.1, 0.15) is 6.04 Å². The van der Waals surface area contributed by atoms with Crippen molar-refractivity contribution >= 4 is 17.9 Å². The van der Waals surface area contributed by atoms with Gasteiger partial charge in [-0.3, -0.25) is 4.79 Å². The van der Waals surface area contributed by atoms with E-state index < -0.39 is 30.4 Å². The quantitative estimate of drug-likeness (QED) is 0.504. The van der Waals surface area contributed by atoms with E-state index >= 15 is 0 Å². The molecule has 0 aromatic carbocycles. The first-order chi connectivity index (χ1) is 8.38. The maximum absolute atomic E-state index is 11.5. The van der Waals surface area contributed by atoms with Crippen molar-refractivity contribution in [3.8, 4) is 0 Å². The van der Waals surface area contributed by atoms with Crippen LogP contribution in [0.5, 0.6) is 0 Å². The van der Waals surface area contributed by atoms with Gasteiger partial charge in [0.05, 0.1) is 6.42 Å². The number of carbonyl (C=O) groups is 3. The van der Waals surface area contributed by atoms with Crippen molar-refractivity contribution in [1.29, 1.82) is 0 Å². The van der Waals surface area contributed by atoms with Crippen LogP contribution in [0, 0.1) is 5.41 Å². The Hall–Kier alpha value is -1.79. The molecule has 1 aliphatic rings. The molecule has 1 saturated carbocycles. The second kappa shape index (κ2) is 5.70. The molecule has 0 radical (unpaired) electrons. The minimum atomic E-state index is -1.28. The molecule has 3 amide bonds. The molecule has 0 unspecified atom stereocenters. The number of nitrogens with one attached hydrogen (secondary N) is 2. The lowest BCUT2D eigenvalue weighted by Gasteiger charge is -2.16. The molecular weight excluding hydrogens is 238 g/mol. The van der Waals surface area contributed by atoms with Crippen LogP contribution in [0.4, 0.5) is 4.79 Å². The Morgan fingerprint density at radius 1 is 1.39 bits per heavy atom. The normalized spacial score (nSPS) is 17.6. The van der Waals surface area contributed by atoms with Crippen LogP contribution in [0.3, 0.4) is 0 Å². The third-order valence-corrected chi connectivity index (χ3v) is 3.34. The first-order valence-corrected chi connectivity index (χ1v) is 5.94. The summed E-state index contributed by atoms with van der Waals surface area (Å²) in [5.41, 5.74) is 5.09. The summed E-state index contributed by atoms with van der Waals surface area (Å²) in [6.07, 6.45) is 2.72. The molecule has 1 atom stereocenters. The number of carboxylic acid groups (broad SMARTS) is 1. The number of amides is 3. The number of hydrogen-bond acceptors (Lipinski definition) is 3. The van der Waals surface area contributed by atoms with E-state index in [-0.39, 0.29) is 5.41 Å². The van der Waals surface area contributed by atoms with Crippen LogP contribution in [0.2, 0.25) is 0 Å². The van der Waals surface area contributed by atoms with Crippen LogP contribution < -0.4 is 16.4 Å². The van der Waals surface area contributed by atoms with Gasteiger partial charge in [-0.2, -0.15) is 0 Å². The first-order valence-electron chi connectivity index (χ1n) is 5.94. The molecule has 0 aromatic heterocycles. The molecule has 1 aliphatic carbocycles. The highest BCUT2D eigenvalue weighted by molar-refractivity contribution is 5.87. The maximum Gasteiger partial charge on any atom is 0.326 e. The SMILES string of the molecule is CCC1(CNC(=O)N[C@H](CC(N)=O)C(=O)O)CC1. The Labute approximate surface area is 105 Å². The number of rotatable bonds is 7. The molecule has 1 fully saturated rings. The van der Waals surface area contributed by atoms with E-state index in [9.17, 15) is 14.4 Å². The molecule has 0 spiro atoms. The smallest absolute Gasteiger partial charge is 0.326 e. The maximum atomic E-state index is 11.5. The third kappa shape index (κ3) is 4.23. The van der Waals surface area contributed by atoms with E-state index in [2.05, 4.69) is 17.6 Å². The summed E-state index contributed by atoms with van der Waals surface area (Å²) >= 11 is 0. The zero-order chi connectivity index (χ0) is 13.8. The lowest BCUT2D eigenvalue weighted by Crippen LogP contribution is -2.48. The molecule has 0 saturated heterocycles. The fourth-order valence-corrected chi connectivity index (χ4v) is 1.71. The molecule has 0 heterocycles. The number of urea groups is 1. The Morgan fingerprint density at radius 2 is 2.00 bits per heavy atom. The lowest BCUT2D eigenvalue weighted by atomic mass is 10.0. The number of carbonyl (C=O) groups excluding carboxylic acids is 2. The van der Waals surface area contributed by atoms with Gasteiger partial charge in [-0.15, -0.1) is 0 Å². The van der Waals surface area contributed by atoms with Crippen molar-refractivity contribution in [2.75, 3.05) is 6.54 Å². The third-order valence-electron chi connectivity index (χ3n) is 3.34. The molecule has 7 nitrogen and oxygen atoms in total. The number of primary amides is 1. The summed E-state index contributed by atoms with van der Waals surface area (Å²) in [5.74, 6) is -2.05. The second-order valence-corrected chi connectivity index (χ2v) is 4.74. The molecule has 5 N–H and O–H groups in total. The van der Waals surface area contributed by atoms with Crippen LogP contribution in [0.15, 0.2) is 0 Å². The summed E-state index contributed by atoms with van der Waals surface area (Å²) in [7, 11) is 0. The highest BCUT2D eigenvalue weighted by atomic mass is 16.4. The first kappa shape index (κ1) is 14.3. The van der Waals surface area contributed by atoms with Gasteiger partial charge in [-0.05, 0) is 24.7 Å². The molecule has 102 valence electrons. The van der Waals surface area contributed by atoms with Gasteiger partial charge in [0, 0.05) is 6.54 Å². The summed E-state index contributed by atoms with van der Waals surface area (Å²) in [4.78, 5) is 32.9. The number of carboxylic acids is 1. The fraction of sp³-hybridized carbons (Fsp3) is 0.727. The van der Waals surface area contributed by atoms with Crippen LogP contribution in [0.1, 0.15) is 32.6 Å². The second-order valence-electron chi connectivity index (χ2n) is 4.74. The van der Waals surface area contributed by atoms with Crippen LogP contribution in [-0.4, -0.2) is 35.6 Å². The predicted molar refractivity (Wildman–Crippen MR) is 63.7 cm³/mol. The molecule has 0 bridgehead atoms. The zero-order valence-corrected chi connectivity index (χ0v) is 10.4. The van der Waals surface area contributed by atoms with Gasteiger partial charge in [0.2, 0.25) is 5.91 Å². The van der Waals surface area contributed by atoms with Crippen molar-refractivity contribution in [2.45, 2.75) is 38.6 Å². The monoisotopic (exact) mass is 257 g/mol. The Kier molecular flexibility index (Phi) is 4.52. The average molecular weight is 257 g/mol. The molecular formula is C11H19N3O4. The van der Waals surface area contributed by atoms with Gasteiger partial charge in [-0.25, -0.2) is 9.59 Å². The topological polar surface area (TPSA) is 122 Å². The fourth-order valence-electron chi connectivity index (χ4n) is 1.71. The van der Waals surface area contributed by atoms with Crippen LogP contribution >= 0.6 is 0 Å². The van der Waals surface area contributed by atoms with Crippen LogP contribution in [0.25, 0.3) is 0 Å². The molecule has 18 heavy (non-hydrogen) atoms. The molecule has 0 aromatic rings. The van der Waals surface area contributed by atoms with Gasteiger partial charge >= 0.3 is 12.0 Å². The van der Waals surface area contributed by atoms with Gasteiger partial charge in [0.25, 0.3) is 0 Å². The average Bonchev–Trinajstić information content (AvgIpc) is 3.05. The summed E-state index contributed by atoms with van der Waals surface area (Å²) < 4.78 is 0. The zero-order valence-electron chi connectivity index (χ0n) is 10.4. The van der Waals surface area contributed by atoms with E-state index in [1.807, 2.05) is 0 Å². The molecule has 1 rings (SSSR count). The minimum Gasteiger partial charge on any atom is -0.480 e. The lowest BCUT2D eigenvalue weighted by molar-refractivity contribution is -0.140. The highest BCUT2D eigenvalue weighted by Crippen LogP contribution is 2.47. The Balaban J connectivity index is 2.36. The van der Waals surface area contributed by atoms with E-state index in [1.54, 1.807) is 0 Å². The number of nitrogens with two attached hydrogens (primary N) is 1. The highest BCUT2D eigenvalue weighted by Gasteiger charge is 2.40. The van der Waals surface area contributed by atoms with E-state index in [0.29, 0.717) is 6.54 Å². The number of hydrogen-bond donors (Lipinski definition) is 4. The minimum absolute atomic E-state index is 0.180. The van der Waals surface area contributed by atoms with Gasteiger partial charge in [-0.1, -0.05) is 6.92 Å². The Morgan fingerprint density at radius 3 is 2.39 bits per heavy atom. The largest absolute Gasteiger partial charge is 0.480 e. The summed E-state index contributed by atoms with van der Waals surface area (Å²) in [6.45, 7) is 2.58. The van der Waals surface area contributed by atoms with Crippen molar-refractivity contribution in [3.05, 3.63) is 0 Å². The standard InChI is InChI=1S/C11H19N3O4/c1-2-11(3-4-11)6-13-10(18)14-7(9(16)17)5-8(12)15/h7H,2-6H2,1H3,(H2,12,15)(H,16,17)(H2,13,14,18)/t7-/m1/s1. The van der Waals surface area contributed by atoms with Crippen LogP contribution in [-0.2, 0) is 9.59 Å². The van der Waals surface area contributed by atoms with Gasteiger partial charge < -0.3 is 21.5 Å². The van der Waals surface area contributed by atoms with E-state index in [4.69, 9.17) is 10.8 Å². The summed E-state index contributed by atoms with van der Waals surface area (Å²) in [5, 5.41) is 13.7. The van der Waals surface area contributed by atoms with Crippen molar-refractivity contribution in [1.82, 2.24) is 10.6 Å². The van der Waals surface area contributed by atoms with E-state index in [0.717, 1.165) is 19.3 Å². The van der Waals surface area contributed by atoms with Gasteiger partial charge in [0.15, 0.2) is 0 Å². The van der Waals surface area contributed by atoms with Crippen molar-refractivity contribution < 1.29 is 19.5 Å². The number of aliphatic carboxylic acids is 1. The molecule has 7 heteroatoms. The predicted octanol–water partition coefficient (Wildman–Crippen LogP) is -0.196.